The monoisotopic (exact) mass is 182 g/mol. The summed E-state index contributed by atoms with van der Waals surface area (Å²) < 4.78 is 4.59. The molecule has 1 fully saturated rings. The summed E-state index contributed by atoms with van der Waals surface area (Å²) >= 11 is 0. The molecule has 0 amide bonds. The molecule has 0 aromatic rings. The van der Waals surface area contributed by atoms with E-state index in [0.717, 1.165) is 5.96 Å². The van der Waals surface area contributed by atoms with Crippen LogP contribution in [0.1, 0.15) is 0 Å². The molecule has 2 aliphatic rings. The Morgan fingerprint density at radius 2 is 2.62 bits per heavy atom. The van der Waals surface area contributed by atoms with Crippen molar-refractivity contribution in [1.29, 1.82) is 0 Å². The molecule has 70 valence electrons. The van der Waals surface area contributed by atoms with E-state index in [4.69, 9.17) is 0 Å². The Bertz CT molecular complexity index is 297. The summed E-state index contributed by atoms with van der Waals surface area (Å²) in [6, 6.07) is 0. The zero-order valence-corrected chi connectivity index (χ0v) is 7.20. The van der Waals surface area contributed by atoms with Gasteiger partial charge in [-0.15, -0.1) is 0 Å². The highest BCUT2D eigenvalue weighted by molar-refractivity contribution is 5.92. The van der Waals surface area contributed by atoms with Crippen molar-refractivity contribution in [3.05, 3.63) is 11.8 Å². The molecule has 6 heteroatoms. The van der Waals surface area contributed by atoms with Crippen molar-refractivity contribution < 1.29 is 9.53 Å². The average molecular weight is 182 g/mol. The fraction of sp³-hybridized carbons (Fsp3) is 0.429. The van der Waals surface area contributed by atoms with Crippen molar-refractivity contribution in [2.24, 2.45) is 4.99 Å². The third-order valence-electron chi connectivity index (χ3n) is 1.92. The van der Waals surface area contributed by atoms with Crippen LogP contribution in [-0.4, -0.2) is 37.2 Å². The largest absolute Gasteiger partial charge is 0.466 e. The van der Waals surface area contributed by atoms with Crippen molar-refractivity contribution in [2.45, 2.75) is 0 Å². The van der Waals surface area contributed by atoms with Gasteiger partial charge in [-0.25, -0.2) is 15.2 Å². The zero-order chi connectivity index (χ0) is 9.26. The van der Waals surface area contributed by atoms with Crippen LogP contribution in [0, 0.1) is 0 Å². The third-order valence-corrected chi connectivity index (χ3v) is 1.92. The number of hydrogen-bond acceptors (Lipinski definition) is 6. The van der Waals surface area contributed by atoms with Gasteiger partial charge in [-0.2, -0.15) is 0 Å². The van der Waals surface area contributed by atoms with Crippen LogP contribution in [0.5, 0.6) is 0 Å². The lowest BCUT2D eigenvalue weighted by Gasteiger charge is -2.19. The maximum atomic E-state index is 11.1. The molecule has 13 heavy (non-hydrogen) atoms. The molecule has 0 saturated carbocycles. The van der Waals surface area contributed by atoms with E-state index in [9.17, 15) is 4.79 Å². The molecule has 2 aliphatic heterocycles. The minimum Gasteiger partial charge on any atom is -0.466 e. The molecule has 0 spiro atoms. The first-order valence-corrected chi connectivity index (χ1v) is 3.90. The Morgan fingerprint density at radius 1 is 1.77 bits per heavy atom. The molecule has 0 radical (unpaired) electrons. The van der Waals surface area contributed by atoms with Crippen LogP contribution in [0.2, 0.25) is 0 Å². The topological polar surface area (TPSA) is 66.0 Å². The number of hydrogen-bond donors (Lipinski definition) is 2. The Hall–Kier alpha value is -1.56. The van der Waals surface area contributed by atoms with Gasteiger partial charge in [-0.1, -0.05) is 0 Å². The molecule has 2 rings (SSSR count). The van der Waals surface area contributed by atoms with E-state index in [-0.39, 0.29) is 5.97 Å². The quantitative estimate of drug-likeness (QED) is 0.498. The number of carbonyl (C=O) groups is 1. The van der Waals surface area contributed by atoms with Gasteiger partial charge in [0.15, 0.2) is 0 Å². The second-order valence-corrected chi connectivity index (χ2v) is 2.76. The second kappa shape index (κ2) is 3.06. The highest BCUT2D eigenvalue weighted by Gasteiger charge is 2.24. The summed E-state index contributed by atoms with van der Waals surface area (Å²) in [6.07, 6.45) is 1.53. The molecule has 0 aromatic heterocycles. The highest BCUT2D eigenvalue weighted by atomic mass is 16.5. The van der Waals surface area contributed by atoms with Gasteiger partial charge in [0.05, 0.1) is 25.9 Å². The van der Waals surface area contributed by atoms with Gasteiger partial charge in [-0.05, 0) is 0 Å². The standard InChI is InChI=1S/C7H10N4O2/c1-13-6(12)5-2-8-7-10-9-4-11(7)3-5/h2,9H,3-4H2,1H3,(H,8,10). The van der Waals surface area contributed by atoms with E-state index in [1.54, 1.807) is 0 Å². The molecule has 0 unspecified atom stereocenters. The van der Waals surface area contributed by atoms with E-state index in [1.807, 2.05) is 4.90 Å². The molecule has 2 heterocycles. The molecule has 0 atom stereocenters. The SMILES string of the molecule is COC(=O)C1=CN=C2NNCN2C1. The minimum absolute atomic E-state index is 0.324. The normalized spacial score (nSPS) is 19.9. The average Bonchev–Trinajstić information content (AvgIpc) is 2.63. The van der Waals surface area contributed by atoms with Gasteiger partial charge in [0.1, 0.15) is 0 Å². The number of esters is 1. The lowest BCUT2D eigenvalue weighted by molar-refractivity contribution is -0.136. The first kappa shape index (κ1) is 8.06. The fourth-order valence-corrected chi connectivity index (χ4v) is 1.25. The van der Waals surface area contributed by atoms with Crippen molar-refractivity contribution >= 4 is 11.9 Å². The van der Waals surface area contributed by atoms with E-state index in [0.29, 0.717) is 18.8 Å². The molecule has 1 saturated heterocycles. The number of rotatable bonds is 1. The van der Waals surface area contributed by atoms with Crippen LogP contribution in [0.15, 0.2) is 16.8 Å². The smallest absolute Gasteiger partial charge is 0.337 e. The Morgan fingerprint density at radius 3 is 3.38 bits per heavy atom. The Kier molecular flexibility index (Phi) is 1.90. The number of carbonyl (C=O) groups excluding carboxylic acids is 1. The summed E-state index contributed by atoms with van der Waals surface area (Å²) in [5, 5.41) is 0. The van der Waals surface area contributed by atoms with Gasteiger partial charge in [0.2, 0.25) is 5.96 Å². The van der Waals surface area contributed by atoms with Crippen LogP contribution in [0.25, 0.3) is 0 Å². The first-order chi connectivity index (χ1) is 6.31. The minimum atomic E-state index is -0.324. The van der Waals surface area contributed by atoms with Crippen LogP contribution in [-0.2, 0) is 9.53 Å². The van der Waals surface area contributed by atoms with Crippen LogP contribution in [0.4, 0.5) is 0 Å². The number of nitrogens with one attached hydrogen (secondary N) is 2. The van der Waals surface area contributed by atoms with E-state index in [1.165, 1.54) is 13.3 Å². The summed E-state index contributed by atoms with van der Waals surface area (Å²) in [5.41, 5.74) is 6.33. The summed E-state index contributed by atoms with van der Waals surface area (Å²) in [6.45, 7) is 1.18. The highest BCUT2D eigenvalue weighted by Crippen LogP contribution is 2.09. The van der Waals surface area contributed by atoms with E-state index in [2.05, 4.69) is 20.6 Å². The van der Waals surface area contributed by atoms with Gasteiger partial charge in [0, 0.05) is 6.20 Å². The molecule has 0 aromatic carbocycles. The Balaban J connectivity index is 2.14. The number of nitrogens with zero attached hydrogens (tertiary/aromatic N) is 2. The summed E-state index contributed by atoms with van der Waals surface area (Å²) in [7, 11) is 1.36. The van der Waals surface area contributed by atoms with Gasteiger partial charge >= 0.3 is 5.97 Å². The van der Waals surface area contributed by atoms with Gasteiger partial charge in [-0.3, -0.25) is 5.43 Å². The van der Waals surface area contributed by atoms with Crippen LogP contribution in [0.3, 0.4) is 0 Å². The number of fused-ring (bicyclic) bond motifs is 1. The van der Waals surface area contributed by atoms with E-state index < -0.39 is 0 Å². The first-order valence-electron chi connectivity index (χ1n) is 3.90. The van der Waals surface area contributed by atoms with Crippen molar-refractivity contribution in [2.75, 3.05) is 20.3 Å². The maximum absolute atomic E-state index is 11.1. The van der Waals surface area contributed by atoms with Gasteiger partial charge < -0.3 is 9.64 Å². The van der Waals surface area contributed by atoms with Crippen molar-refractivity contribution in [3.63, 3.8) is 0 Å². The predicted molar refractivity (Wildman–Crippen MR) is 45.4 cm³/mol. The number of methoxy groups -OCH3 is 1. The number of hydrazine groups is 1. The van der Waals surface area contributed by atoms with Crippen molar-refractivity contribution in [1.82, 2.24) is 15.8 Å². The zero-order valence-electron chi connectivity index (χ0n) is 7.20. The number of aliphatic imine (C=N–C) groups is 1. The third kappa shape index (κ3) is 1.35. The predicted octanol–water partition coefficient (Wildman–Crippen LogP) is -1.22. The lowest BCUT2D eigenvalue weighted by atomic mass is 10.2. The molecule has 6 nitrogen and oxygen atoms in total. The lowest BCUT2D eigenvalue weighted by Crippen LogP contribution is -2.35. The second-order valence-electron chi connectivity index (χ2n) is 2.76. The molecule has 0 bridgehead atoms. The van der Waals surface area contributed by atoms with Gasteiger partial charge in [0.25, 0.3) is 0 Å². The Labute approximate surface area is 75.2 Å². The molecular weight excluding hydrogens is 172 g/mol. The fourth-order valence-electron chi connectivity index (χ4n) is 1.25. The molecular formula is C7H10N4O2. The molecule has 2 N–H and O–H groups in total. The molecule has 0 aliphatic carbocycles. The van der Waals surface area contributed by atoms with E-state index >= 15 is 0 Å². The summed E-state index contributed by atoms with van der Waals surface area (Å²) in [4.78, 5) is 17.1. The van der Waals surface area contributed by atoms with Crippen molar-refractivity contribution in [3.8, 4) is 0 Å². The number of ether oxygens (including phenoxy) is 1. The summed E-state index contributed by atoms with van der Waals surface area (Å²) in [5.74, 6) is 0.419. The van der Waals surface area contributed by atoms with Crippen LogP contribution >= 0.6 is 0 Å². The number of guanidine groups is 1. The maximum Gasteiger partial charge on any atom is 0.337 e. The van der Waals surface area contributed by atoms with Crippen LogP contribution < -0.4 is 10.9 Å².